The molecule has 5 nitrogen and oxygen atoms in total. The van der Waals surface area contributed by atoms with E-state index in [2.05, 4.69) is 5.32 Å². The van der Waals surface area contributed by atoms with Gasteiger partial charge in [0.05, 0.1) is 19.8 Å². The van der Waals surface area contributed by atoms with E-state index < -0.39 is 11.9 Å². The average molecular weight is 327 g/mol. The van der Waals surface area contributed by atoms with Gasteiger partial charge in [-0.25, -0.2) is 4.79 Å². The second kappa shape index (κ2) is 6.51. The summed E-state index contributed by atoms with van der Waals surface area (Å²) in [4.78, 5) is 25.0. The summed E-state index contributed by atoms with van der Waals surface area (Å²) >= 11 is 0. The Morgan fingerprint density at radius 2 is 2.04 bits per heavy atom. The first kappa shape index (κ1) is 16.3. The van der Waals surface area contributed by atoms with Crippen LogP contribution in [-0.2, 0) is 14.3 Å². The fraction of sp³-hybridized carbons (Fsp3) is 0.368. The lowest BCUT2D eigenvalue weighted by Crippen LogP contribution is -2.34. The maximum absolute atomic E-state index is 12.6. The van der Waals surface area contributed by atoms with Crippen molar-refractivity contribution in [2.24, 2.45) is 0 Å². The van der Waals surface area contributed by atoms with Gasteiger partial charge in [0.25, 0.3) is 0 Å². The first-order valence-electron chi connectivity index (χ1n) is 8.03. The maximum Gasteiger partial charge on any atom is 0.336 e. The number of esters is 1. The number of carbonyl (C=O) groups is 2. The van der Waals surface area contributed by atoms with E-state index in [4.69, 9.17) is 9.47 Å². The molecule has 126 valence electrons. The molecule has 0 saturated carbocycles. The lowest BCUT2D eigenvalue weighted by Gasteiger charge is -2.34. The fourth-order valence-electron chi connectivity index (χ4n) is 3.52. The minimum atomic E-state index is -0.420. The summed E-state index contributed by atoms with van der Waals surface area (Å²) in [7, 11) is 2.96. The van der Waals surface area contributed by atoms with Crippen molar-refractivity contribution in [1.29, 1.82) is 0 Å². The van der Waals surface area contributed by atoms with E-state index in [1.807, 2.05) is 31.2 Å². The summed E-state index contributed by atoms with van der Waals surface area (Å²) in [5.41, 5.74) is 3.69. The van der Waals surface area contributed by atoms with Crippen LogP contribution in [0.1, 0.15) is 37.7 Å². The van der Waals surface area contributed by atoms with Crippen LogP contribution in [0.25, 0.3) is 0 Å². The standard InChI is InChI=1S/C19H21NO4/c1-11-16(19(22)24-3)17(12-6-4-7-13(10-12)23-2)18-14(20-11)8-5-9-15(18)21/h4,6-7,10,17,20H,5,8-9H2,1-3H3. The first-order chi connectivity index (χ1) is 11.6. The van der Waals surface area contributed by atoms with Gasteiger partial charge in [-0.15, -0.1) is 0 Å². The molecule has 1 heterocycles. The Kier molecular flexibility index (Phi) is 4.42. The normalized spacial score (nSPS) is 20.5. The van der Waals surface area contributed by atoms with Crippen molar-refractivity contribution in [1.82, 2.24) is 5.32 Å². The van der Waals surface area contributed by atoms with Crippen molar-refractivity contribution in [3.05, 3.63) is 52.4 Å². The molecule has 0 bridgehead atoms. The summed E-state index contributed by atoms with van der Waals surface area (Å²) < 4.78 is 10.3. The van der Waals surface area contributed by atoms with Gasteiger partial charge in [0.15, 0.2) is 5.78 Å². The molecule has 1 atom stereocenters. The lowest BCUT2D eigenvalue weighted by molar-refractivity contribution is -0.136. The Hall–Kier alpha value is -2.56. The van der Waals surface area contributed by atoms with E-state index in [0.29, 0.717) is 23.3 Å². The van der Waals surface area contributed by atoms with Crippen molar-refractivity contribution in [3.8, 4) is 5.75 Å². The number of ether oxygens (including phenoxy) is 2. The minimum absolute atomic E-state index is 0.0884. The third-order valence-electron chi connectivity index (χ3n) is 4.61. The van der Waals surface area contributed by atoms with Crippen molar-refractivity contribution >= 4 is 11.8 Å². The zero-order valence-electron chi connectivity index (χ0n) is 14.1. The highest BCUT2D eigenvalue weighted by atomic mass is 16.5. The Balaban J connectivity index is 2.19. The summed E-state index contributed by atoms with van der Waals surface area (Å²) in [6.07, 6.45) is 2.15. The molecule has 0 fully saturated rings. The predicted octanol–water partition coefficient (Wildman–Crippen LogP) is 2.84. The Morgan fingerprint density at radius 3 is 2.75 bits per heavy atom. The maximum atomic E-state index is 12.6. The lowest BCUT2D eigenvalue weighted by atomic mass is 9.75. The van der Waals surface area contributed by atoms with Gasteiger partial charge in [-0.3, -0.25) is 4.79 Å². The third-order valence-corrected chi connectivity index (χ3v) is 4.61. The number of nitrogens with one attached hydrogen (secondary N) is 1. The van der Waals surface area contributed by atoms with Crippen LogP contribution in [0.4, 0.5) is 0 Å². The summed E-state index contributed by atoms with van der Waals surface area (Å²) in [6.45, 7) is 1.85. The van der Waals surface area contributed by atoms with Crippen LogP contribution < -0.4 is 10.1 Å². The largest absolute Gasteiger partial charge is 0.497 e. The molecule has 1 N–H and O–H groups in total. The van der Waals surface area contributed by atoms with Crippen LogP contribution in [0, 0.1) is 0 Å². The number of allylic oxidation sites excluding steroid dienone is 3. The number of Topliss-reactive ketones (excluding diaryl/α,β-unsaturated/α-hetero) is 1. The molecule has 5 heteroatoms. The highest BCUT2D eigenvalue weighted by molar-refractivity contribution is 6.03. The van der Waals surface area contributed by atoms with Crippen LogP contribution in [0.5, 0.6) is 5.75 Å². The molecule has 1 aliphatic heterocycles. The zero-order valence-corrected chi connectivity index (χ0v) is 14.1. The third kappa shape index (κ3) is 2.70. The molecule has 0 spiro atoms. The second-order valence-electron chi connectivity index (χ2n) is 6.03. The number of hydrogen-bond donors (Lipinski definition) is 1. The smallest absolute Gasteiger partial charge is 0.336 e. The molecule has 1 aromatic carbocycles. The molecule has 0 saturated heterocycles. The van der Waals surface area contributed by atoms with Gasteiger partial charge in [0.2, 0.25) is 0 Å². The number of rotatable bonds is 3. The van der Waals surface area contributed by atoms with Crippen LogP contribution >= 0.6 is 0 Å². The summed E-state index contributed by atoms with van der Waals surface area (Å²) in [5.74, 6) is -0.0573. The molecule has 0 amide bonds. The molecule has 1 unspecified atom stereocenters. The number of hydrogen-bond acceptors (Lipinski definition) is 5. The molecule has 1 aliphatic carbocycles. The van der Waals surface area contributed by atoms with Gasteiger partial charge in [0.1, 0.15) is 5.75 Å². The molecule has 0 radical (unpaired) electrons. The highest BCUT2D eigenvalue weighted by Crippen LogP contribution is 2.42. The van der Waals surface area contributed by atoms with Crippen LogP contribution in [0.3, 0.4) is 0 Å². The van der Waals surface area contributed by atoms with Crippen molar-refractivity contribution in [2.45, 2.75) is 32.1 Å². The number of methoxy groups -OCH3 is 2. The van der Waals surface area contributed by atoms with Gasteiger partial charge in [-0.05, 0) is 37.5 Å². The van der Waals surface area contributed by atoms with E-state index in [0.717, 1.165) is 29.8 Å². The molecule has 0 aromatic heterocycles. The van der Waals surface area contributed by atoms with Crippen LogP contribution in [0.2, 0.25) is 0 Å². The van der Waals surface area contributed by atoms with Gasteiger partial charge < -0.3 is 14.8 Å². The van der Waals surface area contributed by atoms with E-state index in [9.17, 15) is 9.59 Å². The zero-order chi connectivity index (χ0) is 17.3. The molecule has 1 aromatic rings. The van der Waals surface area contributed by atoms with Gasteiger partial charge >= 0.3 is 5.97 Å². The Morgan fingerprint density at radius 1 is 1.25 bits per heavy atom. The van der Waals surface area contributed by atoms with E-state index in [1.165, 1.54) is 7.11 Å². The Bertz CT molecular complexity index is 760. The van der Waals surface area contributed by atoms with Crippen LogP contribution in [-0.4, -0.2) is 26.0 Å². The van der Waals surface area contributed by atoms with Gasteiger partial charge in [-0.2, -0.15) is 0 Å². The SMILES string of the molecule is COC(=O)C1=C(C)NC2=C(C(=O)CCC2)C1c1cccc(OC)c1. The van der Waals surface area contributed by atoms with Gasteiger partial charge in [0, 0.05) is 29.3 Å². The number of dihydropyridines is 1. The average Bonchev–Trinajstić information content (AvgIpc) is 2.60. The molecule has 24 heavy (non-hydrogen) atoms. The van der Waals surface area contributed by atoms with Crippen molar-refractivity contribution in [3.63, 3.8) is 0 Å². The van der Waals surface area contributed by atoms with E-state index >= 15 is 0 Å². The fourth-order valence-corrected chi connectivity index (χ4v) is 3.52. The molecular formula is C19H21NO4. The predicted molar refractivity (Wildman–Crippen MR) is 89.5 cm³/mol. The topological polar surface area (TPSA) is 64.6 Å². The number of ketones is 1. The minimum Gasteiger partial charge on any atom is -0.497 e. The first-order valence-corrected chi connectivity index (χ1v) is 8.03. The molecule has 3 rings (SSSR count). The summed E-state index contributed by atoms with van der Waals surface area (Å²) in [5, 5.41) is 3.25. The van der Waals surface area contributed by atoms with Crippen molar-refractivity contribution in [2.75, 3.05) is 14.2 Å². The highest BCUT2D eigenvalue weighted by Gasteiger charge is 2.38. The Labute approximate surface area is 141 Å². The number of carbonyl (C=O) groups excluding carboxylic acids is 2. The molecular weight excluding hydrogens is 306 g/mol. The van der Waals surface area contributed by atoms with Gasteiger partial charge in [-0.1, -0.05) is 12.1 Å². The number of benzene rings is 1. The van der Waals surface area contributed by atoms with Crippen LogP contribution in [0.15, 0.2) is 46.8 Å². The second-order valence-corrected chi connectivity index (χ2v) is 6.03. The molecule has 2 aliphatic rings. The van der Waals surface area contributed by atoms with E-state index in [-0.39, 0.29) is 5.78 Å². The van der Waals surface area contributed by atoms with E-state index in [1.54, 1.807) is 7.11 Å². The monoisotopic (exact) mass is 327 g/mol. The quantitative estimate of drug-likeness (QED) is 0.865. The van der Waals surface area contributed by atoms with Crippen molar-refractivity contribution < 1.29 is 19.1 Å². The summed E-state index contributed by atoms with van der Waals surface area (Å²) in [6, 6.07) is 7.50.